The third-order valence-electron chi connectivity index (χ3n) is 2.26. The van der Waals surface area contributed by atoms with Crippen LogP contribution in [0.4, 0.5) is 4.39 Å². The summed E-state index contributed by atoms with van der Waals surface area (Å²) in [6.45, 7) is 0.452. The lowest BCUT2D eigenvalue weighted by molar-refractivity contribution is -0.139. The van der Waals surface area contributed by atoms with E-state index in [-0.39, 0.29) is 14.0 Å². The first kappa shape index (κ1) is 22.5. The van der Waals surface area contributed by atoms with Crippen molar-refractivity contribution in [2.75, 3.05) is 7.05 Å². The molecule has 12 heteroatoms. The predicted octanol–water partition coefficient (Wildman–Crippen LogP) is 4.05. The van der Waals surface area contributed by atoms with Crippen LogP contribution in [0.15, 0.2) is 18.3 Å². The van der Waals surface area contributed by atoms with Crippen molar-refractivity contribution in [1.82, 2.24) is 10.3 Å². The molecule has 0 aliphatic heterocycles. The Morgan fingerprint density at radius 3 is 2.43 bits per heavy atom. The Balaban J connectivity index is 0.000000486. The number of aromatic nitrogens is 1. The average Bonchev–Trinajstić information content (AvgIpc) is 2.45. The van der Waals surface area contributed by atoms with Crippen molar-refractivity contribution in [1.29, 1.82) is 0 Å². The molecule has 0 spiro atoms. The fourth-order valence-corrected chi connectivity index (χ4v) is 17.3. The van der Waals surface area contributed by atoms with Gasteiger partial charge >= 0.3 is 5.97 Å². The number of halogens is 1. The van der Waals surface area contributed by atoms with Crippen LogP contribution in [-0.4, -0.2) is 29.1 Å². The largest absolute Gasteiger partial charge is 0.480 e. The summed E-state index contributed by atoms with van der Waals surface area (Å²) in [7, 11) is 14.0. The first-order valence-electron chi connectivity index (χ1n) is 5.62. The van der Waals surface area contributed by atoms with Gasteiger partial charge in [-0.1, -0.05) is 14.0 Å². The van der Waals surface area contributed by atoms with Crippen molar-refractivity contribution in [3.63, 3.8) is 0 Å². The molecular formula is C9H20FN2O2P7. The van der Waals surface area contributed by atoms with Crippen molar-refractivity contribution in [2.24, 2.45) is 0 Å². The number of likely N-dealkylation sites (N-methyl/N-ethyl adjacent to an activating group) is 1. The number of nitrogens with one attached hydrogen (secondary N) is 1. The van der Waals surface area contributed by atoms with Crippen LogP contribution in [0.5, 0.6) is 0 Å². The van der Waals surface area contributed by atoms with E-state index < -0.39 is 18.0 Å². The van der Waals surface area contributed by atoms with Crippen LogP contribution in [0.25, 0.3) is 0 Å². The summed E-state index contributed by atoms with van der Waals surface area (Å²) < 4.78 is 12.4. The highest BCUT2D eigenvalue weighted by molar-refractivity contribution is 8.98. The maximum Gasteiger partial charge on any atom is 0.321 e. The highest BCUT2D eigenvalue weighted by Crippen LogP contribution is 2.92. The lowest BCUT2D eigenvalue weighted by Gasteiger charge is -2.11. The van der Waals surface area contributed by atoms with Crippen LogP contribution in [0.3, 0.4) is 0 Å². The maximum absolute atomic E-state index is 12.4. The van der Waals surface area contributed by atoms with Crippen molar-refractivity contribution >= 4 is 63.6 Å². The molecule has 2 N–H and O–H groups in total. The third kappa shape index (κ3) is 10.8. The van der Waals surface area contributed by atoms with E-state index in [0.717, 1.165) is 7.96 Å². The summed E-state index contributed by atoms with van der Waals surface area (Å²) in [6, 6.07) is 2.07. The highest BCUT2D eigenvalue weighted by atomic mass is 33.0. The molecule has 1 aromatic heterocycles. The number of carboxylic acids is 1. The summed E-state index contributed by atoms with van der Waals surface area (Å²) in [6.07, 6.45) is 1.63. The monoisotopic (exact) mass is 424 g/mol. The Labute approximate surface area is 137 Å². The second-order valence-electron chi connectivity index (χ2n) is 3.73. The molecule has 0 aliphatic rings. The molecule has 7 unspecified atom stereocenters. The zero-order valence-corrected chi connectivity index (χ0v) is 18.8. The predicted molar refractivity (Wildman–Crippen MR) is 109 cm³/mol. The van der Waals surface area contributed by atoms with Gasteiger partial charge in [0.05, 0.1) is 0 Å². The van der Waals surface area contributed by atoms with Gasteiger partial charge in [-0.2, -0.15) is 4.39 Å². The number of hydrogen-bond acceptors (Lipinski definition) is 3. The molecule has 1 rings (SSSR count). The first-order valence-corrected chi connectivity index (χ1v) is 17.5. The van der Waals surface area contributed by atoms with Gasteiger partial charge in [0.25, 0.3) is 0 Å². The second kappa shape index (κ2) is 12.9. The summed E-state index contributed by atoms with van der Waals surface area (Å²) in [5.74, 6) is -1.50. The number of aliphatic carboxylic acids is 1. The van der Waals surface area contributed by atoms with Crippen LogP contribution in [0.2, 0.25) is 0 Å². The fourth-order valence-electron chi connectivity index (χ4n) is 1.14. The maximum atomic E-state index is 12.4. The van der Waals surface area contributed by atoms with Gasteiger partial charge in [0.15, 0.2) is 0 Å². The number of hydrogen-bond donors (Lipinski definition) is 2. The van der Waals surface area contributed by atoms with Gasteiger partial charge in [-0.3, -0.25) is 4.79 Å². The molecule has 0 aromatic carbocycles. The topological polar surface area (TPSA) is 62.2 Å². The molecule has 0 amide bonds. The van der Waals surface area contributed by atoms with Gasteiger partial charge in [0.1, 0.15) is 6.04 Å². The van der Waals surface area contributed by atoms with Crippen molar-refractivity contribution in [2.45, 2.75) is 12.5 Å². The van der Waals surface area contributed by atoms with Gasteiger partial charge in [0.2, 0.25) is 5.95 Å². The fraction of sp³-hybridized carbons (Fsp3) is 0.333. The molecule has 0 aliphatic carbocycles. The lowest BCUT2D eigenvalue weighted by atomic mass is 10.1. The Morgan fingerprint density at radius 2 is 2.14 bits per heavy atom. The van der Waals surface area contributed by atoms with Crippen molar-refractivity contribution in [3.8, 4) is 0 Å². The summed E-state index contributed by atoms with van der Waals surface area (Å²) >= 11 is 0. The standard InChI is InChI=1S/C9H11FN2O2.H9P7/c1-11-7(9(13)14)4-6-2-3-8(10)12-5-6;1-5-7(4)6(2)3/h2-3,5,7,11H,4H2,1H3,(H,13,14);5H,1-4H2. The normalized spacial score (nSPS) is 13.9. The van der Waals surface area contributed by atoms with Gasteiger partial charge < -0.3 is 10.4 Å². The molecule has 1 aromatic rings. The number of carboxylic acid groups (broad SMARTS) is 1. The summed E-state index contributed by atoms with van der Waals surface area (Å²) in [5.41, 5.74) is 0.688. The average molecular weight is 424 g/mol. The number of pyridine rings is 1. The minimum absolute atomic E-state index is 0.191. The van der Waals surface area contributed by atoms with Crippen LogP contribution in [0, 0.1) is 5.95 Å². The molecule has 7 atom stereocenters. The molecule has 1 heterocycles. The zero-order valence-electron chi connectivity index (χ0n) is 11.4. The van der Waals surface area contributed by atoms with E-state index in [1.165, 1.54) is 18.3 Å². The molecule has 0 saturated heterocycles. The van der Waals surface area contributed by atoms with E-state index in [4.69, 9.17) is 5.11 Å². The quantitative estimate of drug-likeness (QED) is 0.535. The van der Waals surface area contributed by atoms with Crippen LogP contribution < -0.4 is 5.32 Å². The van der Waals surface area contributed by atoms with Crippen LogP contribution in [0.1, 0.15) is 5.56 Å². The number of nitrogens with zero attached hydrogens (tertiary/aromatic N) is 1. The Bertz CT molecular complexity index is 423. The van der Waals surface area contributed by atoms with E-state index >= 15 is 0 Å². The summed E-state index contributed by atoms with van der Waals surface area (Å²) in [5, 5.41) is 11.4. The SMILES string of the molecule is CNC(Cc1ccc(F)nc1)C(=O)O.PPP(P)P(P)P. The van der Waals surface area contributed by atoms with Crippen LogP contribution in [-0.2, 0) is 11.2 Å². The lowest BCUT2D eigenvalue weighted by Crippen LogP contribution is -2.35. The molecule has 0 radical (unpaired) electrons. The van der Waals surface area contributed by atoms with E-state index in [1.807, 2.05) is 0 Å². The minimum Gasteiger partial charge on any atom is -0.480 e. The van der Waals surface area contributed by atoms with E-state index in [0.29, 0.717) is 12.0 Å². The third-order valence-corrected chi connectivity index (χ3v) is 32.7. The molecule has 21 heavy (non-hydrogen) atoms. The van der Waals surface area contributed by atoms with Gasteiger partial charge in [-0.25, -0.2) is 4.98 Å². The molecule has 120 valence electrons. The number of carbonyl (C=O) groups is 1. The smallest absolute Gasteiger partial charge is 0.321 e. The zero-order chi connectivity index (χ0) is 16.4. The van der Waals surface area contributed by atoms with E-state index in [1.54, 1.807) is 7.05 Å². The Kier molecular flexibility index (Phi) is 13.8. The van der Waals surface area contributed by atoms with E-state index in [9.17, 15) is 9.18 Å². The van der Waals surface area contributed by atoms with Crippen LogP contribution >= 0.6 is 57.6 Å². The van der Waals surface area contributed by atoms with Gasteiger partial charge in [-0.15, -0.1) is 35.7 Å². The van der Waals surface area contributed by atoms with E-state index in [2.05, 4.69) is 46.0 Å². The first-order chi connectivity index (χ1) is 9.81. The van der Waals surface area contributed by atoms with Crippen molar-refractivity contribution in [3.05, 3.63) is 29.8 Å². The van der Waals surface area contributed by atoms with Crippen molar-refractivity contribution < 1.29 is 14.3 Å². The van der Waals surface area contributed by atoms with Gasteiger partial charge in [0, 0.05) is 6.20 Å². The number of rotatable bonds is 6. The Morgan fingerprint density at radius 1 is 1.52 bits per heavy atom. The molecule has 4 nitrogen and oxygen atoms in total. The second-order valence-corrected chi connectivity index (χ2v) is 25.9. The molecule has 0 fully saturated rings. The molecule has 0 saturated carbocycles. The molecular weight excluding hydrogens is 404 g/mol. The highest BCUT2D eigenvalue weighted by Gasteiger charge is 2.15. The summed E-state index contributed by atoms with van der Waals surface area (Å²) in [4.78, 5) is 14.1. The molecule has 0 bridgehead atoms. The van der Waals surface area contributed by atoms with Gasteiger partial charge in [-0.05, 0) is 39.1 Å². The Hall–Kier alpha value is 1.52. The minimum atomic E-state index is -0.933.